The van der Waals surface area contributed by atoms with Crippen molar-refractivity contribution in [2.24, 2.45) is 0 Å². The van der Waals surface area contributed by atoms with Gasteiger partial charge in [0.1, 0.15) is 6.29 Å². The summed E-state index contributed by atoms with van der Waals surface area (Å²) in [7, 11) is 0. The van der Waals surface area contributed by atoms with Crippen molar-refractivity contribution in [1.29, 1.82) is 0 Å². The first-order valence-corrected chi connectivity index (χ1v) is 4.59. The number of nitrogens with zero attached hydrogens (tertiary/aromatic N) is 1. The standard InChI is InChI=1S/C11H13NO/c1-9(12-7-11(12)8-13)10-5-3-2-4-6-10/h2-6,8-9,11H,7H2,1H3/t9-,11-,12?/m1/s1. The van der Waals surface area contributed by atoms with Gasteiger partial charge in [0.05, 0.1) is 6.04 Å². The lowest BCUT2D eigenvalue weighted by atomic mass is 10.1. The van der Waals surface area contributed by atoms with Crippen LogP contribution in [0.1, 0.15) is 18.5 Å². The van der Waals surface area contributed by atoms with Gasteiger partial charge in [0.15, 0.2) is 0 Å². The van der Waals surface area contributed by atoms with Gasteiger partial charge in [-0.25, -0.2) is 0 Å². The Labute approximate surface area is 78.2 Å². The van der Waals surface area contributed by atoms with Gasteiger partial charge in [-0.2, -0.15) is 0 Å². The Morgan fingerprint density at radius 1 is 1.46 bits per heavy atom. The Kier molecular flexibility index (Phi) is 2.15. The number of rotatable bonds is 3. The Hall–Kier alpha value is -1.15. The second kappa shape index (κ2) is 3.30. The van der Waals surface area contributed by atoms with Gasteiger partial charge >= 0.3 is 0 Å². The molecule has 1 saturated heterocycles. The molecule has 68 valence electrons. The van der Waals surface area contributed by atoms with Gasteiger partial charge in [-0.1, -0.05) is 30.3 Å². The predicted molar refractivity (Wildman–Crippen MR) is 51.4 cm³/mol. The molecule has 1 aliphatic heterocycles. The number of hydrogen-bond acceptors (Lipinski definition) is 2. The van der Waals surface area contributed by atoms with E-state index in [0.29, 0.717) is 6.04 Å². The molecule has 3 atom stereocenters. The topological polar surface area (TPSA) is 20.1 Å². The molecule has 0 aromatic heterocycles. The minimum Gasteiger partial charge on any atom is -0.302 e. The first kappa shape index (κ1) is 8.45. The smallest absolute Gasteiger partial charge is 0.138 e. The zero-order chi connectivity index (χ0) is 9.26. The molecular weight excluding hydrogens is 162 g/mol. The van der Waals surface area contributed by atoms with Crippen molar-refractivity contribution >= 4 is 6.29 Å². The first-order valence-electron chi connectivity index (χ1n) is 4.59. The van der Waals surface area contributed by atoms with Crippen LogP contribution in [0.2, 0.25) is 0 Å². The lowest BCUT2D eigenvalue weighted by Crippen LogP contribution is -2.08. The van der Waals surface area contributed by atoms with E-state index in [1.54, 1.807) is 0 Å². The zero-order valence-electron chi connectivity index (χ0n) is 7.68. The van der Waals surface area contributed by atoms with E-state index < -0.39 is 0 Å². The molecule has 1 aliphatic rings. The minimum atomic E-state index is 0.162. The van der Waals surface area contributed by atoms with Crippen LogP contribution in [-0.4, -0.2) is 23.8 Å². The molecule has 0 radical (unpaired) electrons. The van der Waals surface area contributed by atoms with Gasteiger partial charge in [-0.3, -0.25) is 4.90 Å². The van der Waals surface area contributed by atoms with Crippen molar-refractivity contribution in [2.75, 3.05) is 6.54 Å². The maximum absolute atomic E-state index is 10.5. The summed E-state index contributed by atoms with van der Waals surface area (Å²) in [6, 6.07) is 10.8. The molecule has 0 aliphatic carbocycles. The molecule has 13 heavy (non-hydrogen) atoms. The van der Waals surface area contributed by atoms with E-state index in [-0.39, 0.29) is 6.04 Å². The molecule has 2 nitrogen and oxygen atoms in total. The van der Waals surface area contributed by atoms with Crippen LogP contribution < -0.4 is 0 Å². The van der Waals surface area contributed by atoms with Crippen LogP contribution in [0, 0.1) is 0 Å². The summed E-state index contributed by atoms with van der Waals surface area (Å²) in [6.07, 6.45) is 1.03. The van der Waals surface area contributed by atoms with Crippen molar-refractivity contribution in [1.82, 2.24) is 4.90 Å². The number of carbonyl (C=O) groups excluding carboxylic acids is 1. The maximum atomic E-state index is 10.5. The fourth-order valence-electron chi connectivity index (χ4n) is 1.66. The number of hydrogen-bond donors (Lipinski definition) is 0. The number of benzene rings is 1. The van der Waals surface area contributed by atoms with E-state index in [9.17, 15) is 4.79 Å². The second-order valence-electron chi connectivity index (χ2n) is 3.49. The van der Waals surface area contributed by atoms with Gasteiger partial charge in [0.2, 0.25) is 0 Å². The molecule has 1 aromatic rings. The van der Waals surface area contributed by atoms with Crippen molar-refractivity contribution in [2.45, 2.75) is 19.0 Å². The van der Waals surface area contributed by atoms with Crippen LogP contribution in [0.3, 0.4) is 0 Å². The van der Waals surface area contributed by atoms with Crippen LogP contribution in [-0.2, 0) is 4.79 Å². The van der Waals surface area contributed by atoms with Gasteiger partial charge in [0, 0.05) is 12.6 Å². The van der Waals surface area contributed by atoms with Crippen LogP contribution in [0.4, 0.5) is 0 Å². The zero-order valence-corrected chi connectivity index (χ0v) is 7.68. The summed E-state index contributed by atoms with van der Waals surface area (Å²) >= 11 is 0. The quantitative estimate of drug-likeness (QED) is 0.514. The summed E-state index contributed by atoms with van der Waals surface area (Å²) in [4.78, 5) is 12.7. The number of aldehydes is 1. The molecule has 2 heteroatoms. The number of carbonyl (C=O) groups is 1. The van der Waals surface area contributed by atoms with Gasteiger partial charge in [-0.05, 0) is 12.5 Å². The Bertz CT molecular complexity index is 296. The average Bonchev–Trinajstić information content (AvgIpc) is 2.97. The van der Waals surface area contributed by atoms with Crippen LogP contribution >= 0.6 is 0 Å². The van der Waals surface area contributed by atoms with E-state index >= 15 is 0 Å². The molecule has 0 spiro atoms. The van der Waals surface area contributed by atoms with Crippen molar-refractivity contribution < 1.29 is 4.79 Å². The third-order valence-electron chi connectivity index (χ3n) is 2.63. The van der Waals surface area contributed by atoms with Crippen LogP contribution in [0.15, 0.2) is 30.3 Å². The summed E-state index contributed by atoms with van der Waals surface area (Å²) in [5.74, 6) is 0. The molecule has 1 fully saturated rings. The average molecular weight is 175 g/mol. The van der Waals surface area contributed by atoms with Gasteiger partial charge < -0.3 is 4.79 Å². The fraction of sp³-hybridized carbons (Fsp3) is 0.364. The van der Waals surface area contributed by atoms with Crippen LogP contribution in [0.25, 0.3) is 0 Å². The summed E-state index contributed by atoms with van der Waals surface area (Å²) in [5.41, 5.74) is 1.28. The SMILES string of the molecule is C[C@H](c1ccccc1)N1C[C@@H]1C=O. The highest BCUT2D eigenvalue weighted by atomic mass is 16.1. The normalized spacial score (nSPS) is 28.1. The van der Waals surface area contributed by atoms with Gasteiger partial charge in [0.25, 0.3) is 0 Å². The molecule has 0 amide bonds. The van der Waals surface area contributed by atoms with E-state index in [0.717, 1.165) is 12.8 Å². The van der Waals surface area contributed by atoms with Gasteiger partial charge in [-0.15, -0.1) is 0 Å². The first-order chi connectivity index (χ1) is 6.33. The van der Waals surface area contributed by atoms with Crippen molar-refractivity contribution in [3.63, 3.8) is 0 Å². The lowest BCUT2D eigenvalue weighted by Gasteiger charge is -2.12. The molecule has 0 bridgehead atoms. The van der Waals surface area contributed by atoms with E-state index in [4.69, 9.17) is 0 Å². The molecule has 1 unspecified atom stereocenters. The molecule has 0 N–H and O–H groups in total. The Balaban J connectivity index is 2.07. The Morgan fingerprint density at radius 3 is 2.69 bits per heavy atom. The van der Waals surface area contributed by atoms with Crippen LogP contribution in [0.5, 0.6) is 0 Å². The lowest BCUT2D eigenvalue weighted by molar-refractivity contribution is -0.108. The largest absolute Gasteiger partial charge is 0.302 e. The third-order valence-corrected chi connectivity index (χ3v) is 2.63. The molecule has 0 saturated carbocycles. The predicted octanol–water partition coefficient (Wildman–Crippen LogP) is 1.63. The highest BCUT2D eigenvalue weighted by Gasteiger charge is 2.37. The van der Waals surface area contributed by atoms with Crippen molar-refractivity contribution in [3.05, 3.63) is 35.9 Å². The summed E-state index contributed by atoms with van der Waals surface area (Å²) in [5, 5.41) is 0. The minimum absolute atomic E-state index is 0.162. The Morgan fingerprint density at radius 2 is 2.15 bits per heavy atom. The monoisotopic (exact) mass is 175 g/mol. The third kappa shape index (κ3) is 1.63. The van der Waals surface area contributed by atoms with E-state index in [1.807, 2.05) is 18.2 Å². The van der Waals surface area contributed by atoms with Crippen molar-refractivity contribution in [3.8, 4) is 0 Å². The van der Waals surface area contributed by atoms with E-state index in [2.05, 4.69) is 24.0 Å². The molecule has 2 rings (SSSR count). The molecular formula is C11H13NO. The highest BCUT2D eigenvalue weighted by molar-refractivity contribution is 5.62. The summed E-state index contributed by atoms with van der Waals surface area (Å²) < 4.78 is 0. The summed E-state index contributed by atoms with van der Waals surface area (Å²) in [6.45, 7) is 3.05. The van der Waals surface area contributed by atoms with E-state index in [1.165, 1.54) is 5.56 Å². The highest BCUT2D eigenvalue weighted by Crippen LogP contribution is 2.30. The molecule has 1 heterocycles. The fourth-order valence-corrected chi connectivity index (χ4v) is 1.66. The molecule has 1 aromatic carbocycles. The maximum Gasteiger partial charge on any atom is 0.138 e. The second-order valence-corrected chi connectivity index (χ2v) is 3.49.